The van der Waals surface area contributed by atoms with Crippen molar-refractivity contribution in [1.82, 2.24) is 9.88 Å². The summed E-state index contributed by atoms with van der Waals surface area (Å²) >= 11 is 2.77. The fourth-order valence-electron chi connectivity index (χ4n) is 2.84. The maximum atomic E-state index is 12.1. The van der Waals surface area contributed by atoms with Gasteiger partial charge >= 0.3 is 0 Å². The highest BCUT2D eigenvalue weighted by atomic mass is 32.2. The van der Waals surface area contributed by atoms with Gasteiger partial charge in [0.05, 0.1) is 28.3 Å². The van der Waals surface area contributed by atoms with Crippen molar-refractivity contribution in [1.29, 1.82) is 0 Å². The number of anilines is 1. The van der Waals surface area contributed by atoms with E-state index in [0.29, 0.717) is 17.5 Å². The number of fused-ring (bicyclic) bond motifs is 1. The van der Waals surface area contributed by atoms with E-state index in [1.54, 1.807) is 0 Å². The number of piperidine rings is 1. The van der Waals surface area contributed by atoms with E-state index in [-0.39, 0.29) is 17.6 Å². The van der Waals surface area contributed by atoms with Crippen LogP contribution in [0.25, 0.3) is 10.2 Å². The molecule has 0 bridgehead atoms. The Morgan fingerprint density at radius 1 is 1.27 bits per heavy atom. The van der Waals surface area contributed by atoms with Crippen LogP contribution in [0.2, 0.25) is 0 Å². The first-order chi connectivity index (χ1) is 12.7. The lowest BCUT2D eigenvalue weighted by Crippen LogP contribution is -2.37. The van der Waals surface area contributed by atoms with Crippen LogP contribution in [0.5, 0.6) is 5.75 Å². The van der Waals surface area contributed by atoms with Crippen molar-refractivity contribution in [2.75, 3.05) is 36.5 Å². The van der Waals surface area contributed by atoms with Gasteiger partial charge in [-0.1, -0.05) is 11.3 Å². The summed E-state index contributed by atoms with van der Waals surface area (Å²) in [7, 11) is 0. The molecule has 2 heterocycles. The highest BCUT2D eigenvalue weighted by molar-refractivity contribution is 8.00. The monoisotopic (exact) mass is 393 g/mol. The molecule has 0 radical (unpaired) electrons. The lowest BCUT2D eigenvalue weighted by molar-refractivity contribution is -0.129. The van der Waals surface area contributed by atoms with Gasteiger partial charge in [0.2, 0.25) is 11.8 Å². The molecule has 0 atom stereocenters. The molecule has 1 aromatic carbocycles. The van der Waals surface area contributed by atoms with E-state index in [1.165, 1.54) is 29.5 Å². The molecular weight excluding hydrogens is 370 g/mol. The van der Waals surface area contributed by atoms with Gasteiger partial charge in [0, 0.05) is 13.1 Å². The quantitative estimate of drug-likeness (QED) is 0.781. The van der Waals surface area contributed by atoms with Gasteiger partial charge in [0.15, 0.2) is 5.13 Å². The van der Waals surface area contributed by atoms with E-state index in [9.17, 15) is 9.59 Å². The fraction of sp³-hybridized carbons (Fsp3) is 0.500. The average Bonchev–Trinajstić information content (AvgIpc) is 3.04. The lowest BCUT2D eigenvalue weighted by atomic mass is 10.1. The second-order valence-electron chi connectivity index (χ2n) is 6.06. The zero-order valence-electron chi connectivity index (χ0n) is 14.8. The minimum Gasteiger partial charge on any atom is -0.494 e. The van der Waals surface area contributed by atoms with Gasteiger partial charge in [0.25, 0.3) is 0 Å². The topological polar surface area (TPSA) is 71.5 Å². The molecule has 1 aliphatic heterocycles. The van der Waals surface area contributed by atoms with Crippen LogP contribution < -0.4 is 10.1 Å². The zero-order chi connectivity index (χ0) is 18.4. The summed E-state index contributed by atoms with van der Waals surface area (Å²) in [5, 5.41) is 3.39. The van der Waals surface area contributed by atoms with Crippen molar-refractivity contribution in [3.63, 3.8) is 0 Å². The minimum absolute atomic E-state index is 0.131. The molecule has 1 fully saturated rings. The third-order valence-corrected chi connectivity index (χ3v) is 5.94. The van der Waals surface area contributed by atoms with Crippen LogP contribution >= 0.6 is 23.1 Å². The number of likely N-dealkylation sites (tertiary alicyclic amines) is 1. The van der Waals surface area contributed by atoms with Crippen molar-refractivity contribution in [2.24, 2.45) is 0 Å². The molecule has 2 aromatic rings. The molecule has 6 nitrogen and oxygen atoms in total. The largest absolute Gasteiger partial charge is 0.494 e. The van der Waals surface area contributed by atoms with Crippen LogP contribution in [0.4, 0.5) is 5.13 Å². The summed E-state index contributed by atoms with van der Waals surface area (Å²) in [5.41, 5.74) is 0.835. The number of thiazole rings is 1. The van der Waals surface area contributed by atoms with E-state index in [0.717, 1.165) is 41.9 Å². The summed E-state index contributed by atoms with van der Waals surface area (Å²) in [6, 6.07) is 5.69. The van der Waals surface area contributed by atoms with E-state index >= 15 is 0 Å². The minimum atomic E-state index is -0.134. The van der Waals surface area contributed by atoms with Gasteiger partial charge in [-0.25, -0.2) is 4.98 Å². The Balaban J connectivity index is 1.47. The van der Waals surface area contributed by atoms with E-state index in [4.69, 9.17) is 4.74 Å². The molecule has 0 aliphatic carbocycles. The highest BCUT2D eigenvalue weighted by Gasteiger charge is 2.17. The number of hydrogen-bond acceptors (Lipinski definition) is 6. The number of benzene rings is 1. The predicted octanol–water partition coefficient (Wildman–Crippen LogP) is 3.38. The Bertz CT molecular complexity index is 772. The molecule has 1 aliphatic rings. The molecule has 1 N–H and O–H groups in total. The van der Waals surface area contributed by atoms with Crippen molar-refractivity contribution < 1.29 is 14.3 Å². The molecule has 3 rings (SSSR count). The second kappa shape index (κ2) is 9.23. The molecular formula is C18H23N3O3S2. The molecule has 8 heteroatoms. The van der Waals surface area contributed by atoms with E-state index < -0.39 is 0 Å². The first-order valence-corrected chi connectivity index (χ1v) is 10.8. The SMILES string of the molecule is CCOc1ccc2nc(NC(=O)CSCC(=O)N3CCCCC3)sc2c1. The Labute approximate surface area is 161 Å². The van der Waals surface area contributed by atoms with Crippen molar-refractivity contribution in [2.45, 2.75) is 26.2 Å². The normalized spacial score (nSPS) is 14.4. The third kappa shape index (κ3) is 5.11. The number of amides is 2. The maximum Gasteiger partial charge on any atom is 0.236 e. The number of ether oxygens (including phenoxy) is 1. The zero-order valence-corrected chi connectivity index (χ0v) is 16.5. The van der Waals surface area contributed by atoms with Crippen LogP contribution in [-0.4, -0.2) is 52.9 Å². The van der Waals surface area contributed by atoms with Gasteiger partial charge < -0.3 is 15.0 Å². The fourth-order valence-corrected chi connectivity index (χ4v) is 4.46. The standard InChI is InChI=1S/C18H23N3O3S2/c1-2-24-13-6-7-14-15(10-13)26-18(19-14)20-16(22)11-25-12-17(23)21-8-4-3-5-9-21/h6-7,10H,2-5,8-9,11-12H2,1H3,(H,19,20,22). The smallest absolute Gasteiger partial charge is 0.236 e. The van der Waals surface area contributed by atoms with Crippen LogP contribution in [0.15, 0.2) is 18.2 Å². The number of carbonyl (C=O) groups is 2. The molecule has 140 valence electrons. The molecule has 0 unspecified atom stereocenters. The summed E-state index contributed by atoms with van der Waals surface area (Å²) in [4.78, 5) is 30.5. The molecule has 2 amide bonds. The summed E-state index contributed by atoms with van der Waals surface area (Å²) in [6.45, 7) is 4.25. The van der Waals surface area contributed by atoms with Crippen LogP contribution in [0, 0.1) is 0 Å². The van der Waals surface area contributed by atoms with Crippen molar-refractivity contribution in [3.05, 3.63) is 18.2 Å². The summed E-state index contributed by atoms with van der Waals surface area (Å²) in [5.74, 6) is 1.40. The predicted molar refractivity (Wildman–Crippen MR) is 107 cm³/mol. The lowest BCUT2D eigenvalue weighted by Gasteiger charge is -2.26. The number of rotatable bonds is 7. The van der Waals surface area contributed by atoms with Gasteiger partial charge in [0.1, 0.15) is 5.75 Å². The highest BCUT2D eigenvalue weighted by Crippen LogP contribution is 2.29. The second-order valence-corrected chi connectivity index (χ2v) is 8.08. The molecule has 0 spiro atoms. The molecule has 0 saturated carbocycles. The third-order valence-electron chi connectivity index (χ3n) is 4.08. The Morgan fingerprint density at radius 3 is 2.85 bits per heavy atom. The molecule has 1 aromatic heterocycles. The van der Waals surface area contributed by atoms with Gasteiger partial charge in [-0.15, -0.1) is 11.8 Å². The molecule has 1 saturated heterocycles. The van der Waals surface area contributed by atoms with Gasteiger partial charge in [-0.05, 0) is 44.4 Å². The van der Waals surface area contributed by atoms with Crippen LogP contribution in [0.3, 0.4) is 0 Å². The van der Waals surface area contributed by atoms with Crippen LogP contribution in [0.1, 0.15) is 26.2 Å². The van der Waals surface area contributed by atoms with E-state index in [1.807, 2.05) is 30.0 Å². The van der Waals surface area contributed by atoms with Crippen molar-refractivity contribution in [3.8, 4) is 5.75 Å². The first kappa shape index (κ1) is 19.0. The number of thioether (sulfide) groups is 1. The Kier molecular flexibility index (Phi) is 6.73. The average molecular weight is 394 g/mol. The number of nitrogens with zero attached hydrogens (tertiary/aromatic N) is 2. The van der Waals surface area contributed by atoms with E-state index in [2.05, 4.69) is 10.3 Å². The van der Waals surface area contributed by atoms with Gasteiger partial charge in [-0.2, -0.15) is 0 Å². The number of nitrogens with one attached hydrogen (secondary N) is 1. The maximum absolute atomic E-state index is 12.1. The summed E-state index contributed by atoms with van der Waals surface area (Å²) in [6.07, 6.45) is 3.37. The van der Waals surface area contributed by atoms with Crippen molar-refractivity contribution >= 4 is 50.3 Å². The number of carbonyl (C=O) groups excluding carboxylic acids is 2. The Morgan fingerprint density at radius 2 is 2.08 bits per heavy atom. The Hall–Kier alpha value is -1.80. The number of aromatic nitrogens is 1. The van der Waals surface area contributed by atoms with Crippen LogP contribution in [-0.2, 0) is 9.59 Å². The van der Waals surface area contributed by atoms with Gasteiger partial charge in [-0.3, -0.25) is 9.59 Å². The number of hydrogen-bond donors (Lipinski definition) is 1. The summed E-state index contributed by atoms with van der Waals surface area (Å²) < 4.78 is 6.45. The first-order valence-electron chi connectivity index (χ1n) is 8.84. The molecule has 26 heavy (non-hydrogen) atoms.